The number of carboxylic acids is 2. The van der Waals surface area contributed by atoms with E-state index in [0.29, 0.717) is 0 Å². The van der Waals surface area contributed by atoms with Crippen molar-refractivity contribution in [2.45, 2.75) is 74.1 Å². The molecule has 3 fully saturated rings. The summed E-state index contributed by atoms with van der Waals surface area (Å²) >= 11 is 0. The van der Waals surface area contributed by atoms with Crippen molar-refractivity contribution in [1.29, 1.82) is 0 Å². The predicted octanol–water partition coefficient (Wildman–Crippen LogP) is -4.44. The van der Waals surface area contributed by atoms with Gasteiger partial charge < -0.3 is 59.4 Å². The van der Waals surface area contributed by atoms with E-state index >= 15 is 0 Å². The van der Waals surface area contributed by atoms with E-state index in [9.17, 15) is 40.2 Å². The molecular weight excluding hydrogens is 404 g/mol. The molecule has 0 aromatic heterocycles. The summed E-state index contributed by atoms with van der Waals surface area (Å²) in [4.78, 5) is 22.6. The number of carboxylic acid groups (broad SMARTS) is 2. The molecule has 0 bridgehead atoms. The van der Waals surface area contributed by atoms with Gasteiger partial charge in [0.2, 0.25) is 0 Å². The van der Waals surface area contributed by atoms with Crippen LogP contribution in [0.15, 0.2) is 0 Å². The lowest BCUT2D eigenvalue weighted by molar-refractivity contribution is -0.393. The third-order valence-corrected chi connectivity index (χ3v) is 5.01. The van der Waals surface area contributed by atoms with E-state index in [1.54, 1.807) is 0 Å². The van der Waals surface area contributed by atoms with Gasteiger partial charge >= 0.3 is 11.9 Å². The van der Waals surface area contributed by atoms with Crippen LogP contribution in [-0.4, -0.2) is 121 Å². The molecule has 0 aromatic carbocycles. The fraction of sp³-hybridized carbons (Fsp3) is 0.867. The number of hydrogen-bond donors (Lipinski definition) is 7. The zero-order chi connectivity index (χ0) is 21.7. The highest BCUT2D eigenvalue weighted by atomic mass is 16.8. The third kappa shape index (κ3) is 3.96. The van der Waals surface area contributed by atoms with Crippen molar-refractivity contribution in [3.8, 4) is 0 Å². The van der Waals surface area contributed by atoms with Crippen LogP contribution in [0.1, 0.15) is 6.92 Å². The smallest absolute Gasteiger partial charge is 0.364 e. The minimum atomic E-state index is -2.08. The Hall–Kier alpha value is -1.46. The van der Waals surface area contributed by atoms with Crippen molar-refractivity contribution in [2.75, 3.05) is 6.61 Å². The molecule has 0 radical (unpaired) electrons. The minimum absolute atomic E-state index is 0.371. The zero-order valence-corrected chi connectivity index (χ0v) is 15.0. The molecule has 166 valence electrons. The Morgan fingerprint density at radius 3 is 2.21 bits per heavy atom. The normalized spacial score (nSPS) is 50.6. The maximum absolute atomic E-state index is 11.4. The standard InChI is InChI=1S/C15H22O14/c1-15(14(23)24)25-2-3-8(29-15)5(17)7(19)13(26-3)28-9-4(16)6(18)12(22)27-10(9)11(20)21/h3-10,12-13,16-19,22H,2H2,1H3,(H,20,21)(H,23,24)/t3-,4-,5-,6-,7+,8-,9+,10+,12+,13+,15+/m1/s1. The van der Waals surface area contributed by atoms with E-state index in [-0.39, 0.29) is 6.61 Å². The molecule has 29 heavy (non-hydrogen) atoms. The van der Waals surface area contributed by atoms with Gasteiger partial charge in [0.15, 0.2) is 18.7 Å². The van der Waals surface area contributed by atoms with E-state index < -0.39 is 79.1 Å². The van der Waals surface area contributed by atoms with E-state index in [1.807, 2.05) is 0 Å². The molecule has 0 spiro atoms. The quantitative estimate of drug-likeness (QED) is 0.225. The van der Waals surface area contributed by atoms with Crippen LogP contribution >= 0.6 is 0 Å². The molecule has 14 nitrogen and oxygen atoms in total. The Kier molecular flexibility index (Phi) is 6.13. The topological polar surface area (TPSA) is 222 Å². The van der Waals surface area contributed by atoms with Crippen LogP contribution in [0.3, 0.4) is 0 Å². The lowest BCUT2D eigenvalue weighted by Gasteiger charge is -2.49. The van der Waals surface area contributed by atoms with Crippen molar-refractivity contribution >= 4 is 11.9 Å². The lowest BCUT2D eigenvalue weighted by atomic mass is 9.96. The van der Waals surface area contributed by atoms with Gasteiger partial charge in [-0.3, -0.25) is 0 Å². The molecule has 3 aliphatic heterocycles. The second kappa shape index (κ2) is 7.99. The molecule has 3 saturated heterocycles. The molecule has 0 aliphatic carbocycles. The van der Waals surface area contributed by atoms with Crippen molar-refractivity contribution in [1.82, 2.24) is 0 Å². The highest BCUT2D eigenvalue weighted by Crippen LogP contribution is 2.34. The second-order valence-corrected chi connectivity index (χ2v) is 7.04. The van der Waals surface area contributed by atoms with Gasteiger partial charge in [0, 0.05) is 6.92 Å². The minimum Gasteiger partial charge on any atom is -0.479 e. The van der Waals surface area contributed by atoms with Crippen molar-refractivity contribution in [3.63, 3.8) is 0 Å². The molecule has 14 heteroatoms. The molecule has 3 heterocycles. The second-order valence-electron chi connectivity index (χ2n) is 7.04. The fourth-order valence-corrected chi connectivity index (χ4v) is 3.30. The van der Waals surface area contributed by atoms with Gasteiger partial charge in [0.25, 0.3) is 5.79 Å². The van der Waals surface area contributed by atoms with Crippen LogP contribution in [0.25, 0.3) is 0 Å². The van der Waals surface area contributed by atoms with Crippen molar-refractivity contribution < 1.29 is 69.0 Å². The summed E-state index contributed by atoms with van der Waals surface area (Å²) in [5.74, 6) is -5.18. The molecule has 0 aromatic rings. The van der Waals surface area contributed by atoms with Gasteiger partial charge in [-0.25, -0.2) is 9.59 Å². The monoisotopic (exact) mass is 426 g/mol. The number of rotatable bonds is 4. The van der Waals surface area contributed by atoms with E-state index in [0.717, 1.165) is 6.92 Å². The first kappa shape index (κ1) is 22.2. The average Bonchev–Trinajstić information content (AvgIpc) is 2.66. The summed E-state index contributed by atoms with van der Waals surface area (Å²) in [6, 6.07) is 0. The molecular formula is C15H22O14. The third-order valence-electron chi connectivity index (χ3n) is 5.01. The van der Waals surface area contributed by atoms with Gasteiger partial charge in [0.1, 0.15) is 42.7 Å². The number of hydrogen-bond acceptors (Lipinski definition) is 12. The lowest BCUT2D eigenvalue weighted by Crippen LogP contribution is -2.68. The largest absolute Gasteiger partial charge is 0.479 e. The fourth-order valence-electron chi connectivity index (χ4n) is 3.30. The number of fused-ring (bicyclic) bond motifs is 1. The Morgan fingerprint density at radius 2 is 1.62 bits per heavy atom. The molecule has 3 aliphatic rings. The highest BCUT2D eigenvalue weighted by Gasteiger charge is 2.56. The number of carbonyl (C=O) groups is 2. The van der Waals surface area contributed by atoms with Crippen molar-refractivity contribution in [2.24, 2.45) is 0 Å². The first-order valence-corrected chi connectivity index (χ1v) is 8.61. The molecule has 0 unspecified atom stereocenters. The summed E-state index contributed by atoms with van der Waals surface area (Å²) in [5, 5.41) is 68.3. The van der Waals surface area contributed by atoms with Gasteiger partial charge in [0.05, 0.1) is 6.61 Å². The van der Waals surface area contributed by atoms with Crippen LogP contribution in [0.5, 0.6) is 0 Å². The van der Waals surface area contributed by atoms with Crippen molar-refractivity contribution in [3.05, 3.63) is 0 Å². The molecule has 11 atom stereocenters. The molecule has 0 saturated carbocycles. The maximum Gasteiger partial charge on any atom is 0.364 e. The maximum atomic E-state index is 11.4. The number of aliphatic hydroxyl groups is 5. The van der Waals surface area contributed by atoms with Crippen LogP contribution in [0.2, 0.25) is 0 Å². The summed E-state index contributed by atoms with van der Waals surface area (Å²) in [6.07, 6.45) is -17.3. The van der Waals surface area contributed by atoms with Crippen LogP contribution in [0, 0.1) is 0 Å². The molecule has 0 amide bonds. The summed E-state index contributed by atoms with van der Waals surface area (Å²) in [7, 11) is 0. The summed E-state index contributed by atoms with van der Waals surface area (Å²) in [6.45, 7) is 0.734. The molecule has 3 rings (SSSR count). The number of aliphatic carboxylic acids is 2. The predicted molar refractivity (Wildman–Crippen MR) is 82.9 cm³/mol. The Morgan fingerprint density at radius 1 is 0.966 bits per heavy atom. The summed E-state index contributed by atoms with van der Waals surface area (Å²) < 4.78 is 25.7. The zero-order valence-electron chi connectivity index (χ0n) is 15.0. The Labute approximate surface area is 162 Å². The van der Waals surface area contributed by atoms with Crippen LogP contribution in [-0.2, 0) is 33.3 Å². The molecule has 7 N–H and O–H groups in total. The highest BCUT2D eigenvalue weighted by molar-refractivity contribution is 5.75. The number of ether oxygens (including phenoxy) is 5. The Balaban J connectivity index is 1.75. The average molecular weight is 426 g/mol. The van der Waals surface area contributed by atoms with E-state index in [4.69, 9.17) is 28.8 Å². The van der Waals surface area contributed by atoms with E-state index in [2.05, 4.69) is 0 Å². The van der Waals surface area contributed by atoms with Gasteiger partial charge in [-0.1, -0.05) is 0 Å². The Bertz CT molecular complexity index is 641. The SMILES string of the molecule is C[C@]1(C(=O)O)OC[C@H]2O[C@@H](O[C@H]3[C@H](O)[C@@H](O)[C@@H](O)O[C@@H]3C(=O)O)[C@@H](O)[C@@H](O)[C@@H]2O1. The summed E-state index contributed by atoms with van der Waals surface area (Å²) in [5.41, 5.74) is 0. The first-order chi connectivity index (χ1) is 13.5. The van der Waals surface area contributed by atoms with Crippen LogP contribution < -0.4 is 0 Å². The first-order valence-electron chi connectivity index (χ1n) is 8.61. The van der Waals surface area contributed by atoms with Gasteiger partial charge in [-0.2, -0.15) is 0 Å². The number of aliphatic hydroxyl groups excluding tert-OH is 5. The van der Waals surface area contributed by atoms with Crippen LogP contribution in [0.4, 0.5) is 0 Å². The van der Waals surface area contributed by atoms with Gasteiger partial charge in [-0.05, 0) is 0 Å². The van der Waals surface area contributed by atoms with Gasteiger partial charge in [-0.15, -0.1) is 0 Å². The van der Waals surface area contributed by atoms with E-state index in [1.165, 1.54) is 0 Å².